The standard InChI is InChI=1S/C16H24N4O/c1-3-17-16(19-10-14-11(2)5-4-8-18-14)20-13-9-12-6-7-15(13)21-12/h4-5,8,12-13,15H,3,6-7,9-10H2,1-2H3,(H2,17,19,20). The summed E-state index contributed by atoms with van der Waals surface area (Å²) in [6.45, 7) is 5.61. The van der Waals surface area contributed by atoms with E-state index in [2.05, 4.69) is 40.5 Å². The summed E-state index contributed by atoms with van der Waals surface area (Å²) in [6, 6.07) is 4.42. The van der Waals surface area contributed by atoms with Gasteiger partial charge < -0.3 is 15.4 Å². The Balaban J connectivity index is 1.63. The molecule has 2 saturated heterocycles. The lowest BCUT2D eigenvalue weighted by molar-refractivity contribution is 0.0992. The van der Waals surface area contributed by atoms with E-state index in [1.54, 1.807) is 0 Å². The summed E-state index contributed by atoms with van der Waals surface area (Å²) >= 11 is 0. The Labute approximate surface area is 126 Å². The van der Waals surface area contributed by atoms with E-state index in [9.17, 15) is 0 Å². The maximum atomic E-state index is 5.89. The number of nitrogens with zero attached hydrogens (tertiary/aromatic N) is 2. The fourth-order valence-electron chi connectivity index (χ4n) is 3.12. The van der Waals surface area contributed by atoms with Gasteiger partial charge in [-0.15, -0.1) is 0 Å². The molecule has 0 aromatic carbocycles. The Hall–Kier alpha value is -1.62. The monoisotopic (exact) mass is 288 g/mol. The number of nitrogens with one attached hydrogen (secondary N) is 2. The number of hydrogen-bond donors (Lipinski definition) is 2. The van der Waals surface area contributed by atoms with Gasteiger partial charge in [-0.25, -0.2) is 4.99 Å². The summed E-state index contributed by atoms with van der Waals surface area (Å²) in [5.41, 5.74) is 2.21. The van der Waals surface area contributed by atoms with Crippen molar-refractivity contribution in [3.05, 3.63) is 29.6 Å². The molecule has 21 heavy (non-hydrogen) atoms. The summed E-state index contributed by atoms with van der Waals surface area (Å²) < 4.78 is 5.89. The molecule has 2 aliphatic rings. The molecule has 0 amide bonds. The fourth-order valence-corrected chi connectivity index (χ4v) is 3.12. The van der Waals surface area contributed by atoms with E-state index in [1.807, 2.05) is 12.3 Å². The van der Waals surface area contributed by atoms with Gasteiger partial charge in [0, 0.05) is 12.7 Å². The molecular formula is C16H24N4O. The Morgan fingerprint density at radius 2 is 2.38 bits per heavy atom. The maximum Gasteiger partial charge on any atom is 0.191 e. The van der Waals surface area contributed by atoms with E-state index in [4.69, 9.17) is 4.74 Å². The van der Waals surface area contributed by atoms with Gasteiger partial charge in [-0.05, 0) is 44.7 Å². The number of aryl methyl sites for hydroxylation is 1. The Bertz CT molecular complexity index is 517. The molecule has 1 aromatic heterocycles. The van der Waals surface area contributed by atoms with Crippen molar-refractivity contribution in [1.29, 1.82) is 0 Å². The molecule has 0 spiro atoms. The highest BCUT2D eigenvalue weighted by atomic mass is 16.5. The Morgan fingerprint density at radius 1 is 1.48 bits per heavy atom. The molecule has 3 rings (SSSR count). The predicted octanol–water partition coefficient (Wildman–Crippen LogP) is 1.77. The number of fused-ring (bicyclic) bond motifs is 2. The number of guanidine groups is 1. The van der Waals surface area contributed by atoms with Crippen LogP contribution < -0.4 is 10.6 Å². The second-order valence-electron chi connectivity index (χ2n) is 5.82. The molecule has 2 aliphatic heterocycles. The zero-order valence-electron chi connectivity index (χ0n) is 12.8. The highest BCUT2D eigenvalue weighted by molar-refractivity contribution is 5.80. The molecule has 5 nitrogen and oxygen atoms in total. The van der Waals surface area contributed by atoms with Crippen LogP contribution in [0.2, 0.25) is 0 Å². The molecule has 1 aromatic rings. The first-order valence-corrected chi connectivity index (χ1v) is 7.87. The summed E-state index contributed by atoms with van der Waals surface area (Å²) in [4.78, 5) is 9.06. The van der Waals surface area contributed by atoms with Crippen molar-refractivity contribution in [3.63, 3.8) is 0 Å². The molecular weight excluding hydrogens is 264 g/mol. The van der Waals surface area contributed by atoms with Gasteiger partial charge in [0.2, 0.25) is 0 Å². The summed E-state index contributed by atoms with van der Waals surface area (Å²) in [6.07, 6.45) is 6.11. The zero-order chi connectivity index (χ0) is 14.7. The first-order valence-electron chi connectivity index (χ1n) is 7.87. The van der Waals surface area contributed by atoms with E-state index >= 15 is 0 Å². The molecule has 2 fully saturated rings. The molecule has 0 saturated carbocycles. The van der Waals surface area contributed by atoms with Crippen LogP contribution in [0.25, 0.3) is 0 Å². The van der Waals surface area contributed by atoms with Gasteiger partial charge in [-0.2, -0.15) is 0 Å². The lowest BCUT2D eigenvalue weighted by Crippen LogP contribution is -2.47. The van der Waals surface area contributed by atoms with E-state index in [0.717, 1.165) is 24.6 Å². The lowest BCUT2D eigenvalue weighted by Gasteiger charge is -2.22. The van der Waals surface area contributed by atoms with Crippen molar-refractivity contribution in [2.75, 3.05) is 6.54 Å². The van der Waals surface area contributed by atoms with Crippen LogP contribution in [0.3, 0.4) is 0 Å². The second kappa shape index (κ2) is 6.43. The zero-order valence-corrected chi connectivity index (χ0v) is 12.8. The normalized spacial score (nSPS) is 27.9. The summed E-state index contributed by atoms with van der Waals surface area (Å²) in [5, 5.41) is 6.84. The van der Waals surface area contributed by atoms with Gasteiger partial charge in [-0.3, -0.25) is 4.98 Å². The van der Waals surface area contributed by atoms with E-state index in [1.165, 1.54) is 18.4 Å². The number of aliphatic imine (C=N–C) groups is 1. The van der Waals surface area contributed by atoms with Crippen molar-refractivity contribution in [1.82, 2.24) is 15.6 Å². The third-order valence-corrected chi connectivity index (χ3v) is 4.28. The lowest BCUT2D eigenvalue weighted by atomic mass is 9.96. The Morgan fingerprint density at radius 3 is 3.05 bits per heavy atom. The molecule has 5 heteroatoms. The van der Waals surface area contributed by atoms with Crippen LogP contribution in [0.15, 0.2) is 23.3 Å². The average Bonchev–Trinajstić information content (AvgIpc) is 3.09. The number of aromatic nitrogens is 1. The van der Waals surface area contributed by atoms with Crippen molar-refractivity contribution < 1.29 is 4.74 Å². The quantitative estimate of drug-likeness (QED) is 0.655. The van der Waals surface area contributed by atoms with Crippen LogP contribution in [-0.2, 0) is 11.3 Å². The maximum absolute atomic E-state index is 5.89. The van der Waals surface area contributed by atoms with Crippen LogP contribution in [-0.4, -0.2) is 35.7 Å². The number of hydrogen-bond acceptors (Lipinski definition) is 3. The topological polar surface area (TPSA) is 58.5 Å². The molecule has 114 valence electrons. The number of pyridine rings is 1. The van der Waals surface area contributed by atoms with Crippen molar-refractivity contribution in [2.45, 2.75) is 57.9 Å². The van der Waals surface area contributed by atoms with Crippen molar-refractivity contribution in [3.8, 4) is 0 Å². The molecule has 3 heterocycles. The minimum absolute atomic E-state index is 0.357. The fraction of sp³-hybridized carbons (Fsp3) is 0.625. The van der Waals surface area contributed by atoms with Crippen LogP contribution in [0.1, 0.15) is 37.4 Å². The largest absolute Gasteiger partial charge is 0.373 e. The Kier molecular flexibility index (Phi) is 4.39. The highest BCUT2D eigenvalue weighted by Gasteiger charge is 2.41. The third kappa shape index (κ3) is 3.35. The number of rotatable bonds is 4. The van der Waals surface area contributed by atoms with Crippen LogP contribution in [0.4, 0.5) is 0 Å². The molecule has 0 aliphatic carbocycles. The van der Waals surface area contributed by atoms with Crippen molar-refractivity contribution in [2.24, 2.45) is 4.99 Å². The second-order valence-corrected chi connectivity index (χ2v) is 5.82. The smallest absolute Gasteiger partial charge is 0.191 e. The first-order chi connectivity index (χ1) is 10.3. The molecule has 0 radical (unpaired) electrons. The number of ether oxygens (including phenoxy) is 1. The molecule has 3 atom stereocenters. The summed E-state index contributed by atoms with van der Waals surface area (Å²) in [5.74, 6) is 0.865. The van der Waals surface area contributed by atoms with Gasteiger partial charge in [0.1, 0.15) is 0 Å². The van der Waals surface area contributed by atoms with Crippen LogP contribution >= 0.6 is 0 Å². The molecule has 3 unspecified atom stereocenters. The van der Waals surface area contributed by atoms with Crippen LogP contribution in [0.5, 0.6) is 0 Å². The van der Waals surface area contributed by atoms with Gasteiger partial charge in [-0.1, -0.05) is 6.07 Å². The van der Waals surface area contributed by atoms with E-state index < -0.39 is 0 Å². The minimum Gasteiger partial charge on any atom is -0.373 e. The van der Waals surface area contributed by atoms with Gasteiger partial charge >= 0.3 is 0 Å². The average molecular weight is 288 g/mol. The predicted molar refractivity (Wildman–Crippen MR) is 83.2 cm³/mol. The van der Waals surface area contributed by atoms with Gasteiger partial charge in [0.15, 0.2) is 5.96 Å². The van der Waals surface area contributed by atoms with E-state index in [0.29, 0.717) is 24.8 Å². The summed E-state index contributed by atoms with van der Waals surface area (Å²) in [7, 11) is 0. The third-order valence-electron chi connectivity index (χ3n) is 4.28. The SMILES string of the molecule is CCNC(=NCc1ncccc1C)NC1CC2CCC1O2. The van der Waals surface area contributed by atoms with E-state index in [-0.39, 0.29) is 0 Å². The van der Waals surface area contributed by atoms with Crippen molar-refractivity contribution >= 4 is 5.96 Å². The van der Waals surface area contributed by atoms with Gasteiger partial charge in [0.05, 0.1) is 30.5 Å². The van der Waals surface area contributed by atoms with Gasteiger partial charge in [0.25, 0.3) is 0 Å². The molecule has 2 N–H and O–H groups in total. The molecule has 2 bridgehead atoms. The van der Waals surface area contributed by atoms with Crippen LogP contribution in [0, 0.1) is 6.92 Å². The highest BCUT2D eigenvalue weighted by Crippen LogP contribution is 2.34. The first kappa shape index (κ1) is 14.3. The minimum atomic E-state index is 0.357.